The second kappa shape index (κ2) is 6.39. The number of rotatable bonds is 4. The van der Waals surface area contributed by atoms with E-state index < -0.39 is 5.60 Å². The van der Waals surface area contributed by atoms with Crippen molar-refractivity contribution in [2.75, 3.05) is 0 Å². The van der Waals surface area contributed by atoms with Crippen LogP contribution in [0.1, 0.15) is 23.9 Å². The lowest BCUT2D eigenvalue weighted by Gasteiger charge is -2.29. The highest BCUT2D eigenvalue weighted by atomic mass is 19.1. The van der Waals surface area contributed by atoms with Gasteiger partial charge >= 0.3 is 0 Å². The van der Waals surface area contributed by atoms with Gasteiger partial charge in [-0.15, -0.1) is 0 Å². The van der Waals surface area contributed by atoms with Crippen molar-refractivity contribution in [3.8, 4) is 0 Å². The Kier molecular flexibility index (Phi) is 4.05. The number of hydrogen-bond acceptors (Lipinski definition) is 2. The first-order valence-electron chi connectivity index (χ1n) is 8.64. The van der Waals surface area contributed by atoms with Crippen molar-refractivity contribution in [3.05, 3.63) is 102 Å². The molecule has 1 aromatic heterocycles. The van der Waals surface area contributed by atoms with Crippen LogP contribution < -0.4 is 0 Å². The lowest BCUT2D eigenvalue weighted by atomic mass is 9.85. The molecular weight excluding hydrogens is 327 g/mol. The van der Waals surface area contributed by atoms with Crippen LogP contribution in [0.4, 0.5) is 4.39 Å². The van der Waals surface area contributed by atoms with Crippen LogP contribution in [0, 0.1) is 5.82 Å². The van der Waals surface area contributed by atoms with Gasteiger partial charge in [-0.3, -0.25) is 0 Å². The molecule has 0 fully saturated rings. The SMILES string of the molecule is CCn1c(C(O)(c2ccccc2)c2ccccc2)nc2ccc(F)cc21. The number of aryl methyl sites for hydroxylation is 1. The summed E-state index contributed by atoms with van der Waals surface area (Å²) in [4.78, 5) is 4.70. The monoisotopic (exact) mass is 346 g/mol. The van der Waals surface area contributed by atoms with Gasteiger partial charge in [-0.05, 0) is 36.2 Å². The summed E-state index contributed by atoms with van der Waals surface area (Å²) in [5.74, 6) is 0.166. The molecule has 3 aromatic carbocycles. The van der Waals surface area contributed by atoms with Crippen molar-refractivity contribution in [3.63, 3.8) is 0 Å². The predicted molar refractivity (Wildman–Crippen MR) is 100 cm³/mol. The summed E-state index contributed by atoms with van der Waals surface area (Å²) >= 11 is 0. The van der Waals surface area contributed by atoms with E-state index in [4.69, 9.17) is 4.98 Å². The maximum absolute atomic E-state index is 13.8. The van der Waals surface area contributed by atoms with E-state index in [1.165, 1.54) is 12.1 Å². The molecule has 0 aliphatic rings. The fourth-order valence-corrected chi connectivity index (χ4v) is 3.48. The largest absolute Gasteiger partial charge is 0.373 e. The van der Waals surface area contributed by atoms with Crippen molar-refractivity contribution in [2.45, 2.75) is 19.1 Å². The highest BCUT2D eigenvalue weighted by Gasteiger charge is 2.38. The van der Waals surface area contributed by atoms with Crippen LogP contribution in [0.2, 0.25) is 0 Å². The number of benzene rings is 3. The minimum Gasteiger partial charge on any atom is -0.373 e. The van der Waals surface area contributed by atoms with E-state index in [0.717, 1.165) is 11.1 Å². The number of halogens is 1. The van der Waals surface area contributed by atoms with Crippen molar-refractivity contribution in [2.24, 2.45) is 0 Å². The number of aliphatic hydroxyl groups is 1. The Bertz CT molecular complexity index is 1000. The smallest absolute Gasteiger partial charge is 0.173 e. The topological polar surface area (TPSA) is 38.0 Å². The highest BCUT2D eigenvalue weighted by molar-refractivity contribution is 5.77. The van der Waals surface area contributed by atoms with Gasteiger partial charge in [-0.2, -0.15) is 0 Å². The maximum atomic E-state index is 13.8. The minimum atomic E-state index is -1.44. The second-order valence-electron chi connectivity index (χ2n) is 6.26. The Morgan fingerprint density at radius 3 is 2.04 bits per heavy atom. The first kappa shape index (κ1) is 16.5. The molecule has 0 amide bonds. The third-order valence-corrected chi connectivity index (χ3v) is 4.73. The third-order valence-electron chi connectivity index (χ3n) is 4.73. The molecule has 26 heavy (non-hydrogen) atoms. The average molecular weight is 346 g/mol. The Balaban J connectivity index is 2.06. The number of imidazole rings is 1. The number of hydrogen-bond donors (Lipinski definition) is 1. The lowest BCUT2D eigenvalue weighted by Crippen LogP contribution is -2.32. The molecule has 0 saturated heterocycles. The van der Waals surface area contributed by atoms with Gasteiger partial charge in [0.05, 0.1) is 11.0 Å². The van der Waals surface area contributed by atoms with Gasteiger partial charge < -0.3 is 9.67 Å². The van der Waals surface area contributed by atoms with Crippen molar-refractivity contribution in [1.82, 2.24) is 9.55 Å². The molecule has 1 heterocycles. The van der Waals surface area contributed by atoms with Gasteiger partial charge in [0.1, 0.15) is 5.82 Å². The molecule has 3 nitrogen and oxygen atoms in total. The molecule has 0 unspecified atom stereocenters. The van der Waals surface area contributed by atoms with Gasteiger partial charge in [0.15, 0.2) is 11.4 Å². The first-order chi connectivity index (χ1) is 12.6. The molecule has 4 aromatic rings. The van der Waals surface area contributed by atoms with E-state index in [0.29, 0.717) is 23.4 Å². The predicted octanol–water partition coefficient (Wildman–Crippen LogP) is 4.48. The van der Waals surface area contributed by atoms with Gasteiger partial charge in [0.2, 0.25) is 0 Å². The van der Waals surface area contributed by atoms with E-state index in [1.54, 1.807) is 6.07 Å². The summed E-state index contributed by atoms with van der Waals surface area (Å²) in [6, 6.07) is 23.4. The van der Waals surface area contributed by atoms with Crippen molar-refractivity contribution in [1.29, 1.82) is 0 Å². The lowest BCUT2D eigenvalue weighted by molar-refractivity contribution is 0.112. The van der Waals surface area contributed by atoms with Crippen LogP contribution in [0.25, 0.3) is 11.0 Å². The van der Waals surface area contributed by atoms with E-state index in [-0.39, 0.29) is 5.82 Å². The molecule has 4 heteroatoms. The summed E-state index contributed by atoms with van der Waals surface area (Å²) in [6.07, 6.45) is 0. The van der Waals surface area contributed by atoms with Crippen LogP contribution in [0.15, 0.2) is 78.9 Å². The zero-order valence-electron chi connectivity index (χ0n) is 14.4. The minimum absolute atomic E-state index is 0.318. The molecule has 0 saturated carbocycles. The van der Waals surface area contributed by atoms with Gasteiger partial charge in [0, 0.05) is 6.54 Å². The summed E-state index contributed by atoms with van der Waals surface area (Å²) in [5, 5.41) is 11.9. The fourth-order valence-electron chi connectivity index (χ4n) is 3.48. The molecular formula is C22H19FN2O. The van der Waals surface area contributed by atoms with E-state index in [9.17, 15) is 9.50 Å². The second-order valence-corrected chi connectivity index (χ2v) is 6.26. The van der Waals surface area contributed by atoms with Crippen LogP contribution in [0.3, 0.4) is 0 Å². The molecule has 0 bridgehead atoms. The molecule has 0 aliphatic heterocycles. The molecule has 0 radical (unpaired) electrons. The van der Waals surface area contributed by atoms with Crippen LogP contribution in [-0.2, 0) is 12.1 Å². The standard InChI is InChI=1S/C22H19FN2O/c1-2-25-20-15-18(23)13-14-19(20)24-21(25)22(26,16-9-5-3-6-10-16)17-11-7-4-8-12-17/h3-15,26H,2H2,1H3. The normalized spacial score (nSPS) is 11.8. The summed E-state index contributed by atoms with van der Waals surface area (Å²) in [6.45, 7) is 2.53. The van der Waals surface area contributed by atoms with Crippen molar-refractivity contribution >= 4 is 11.0 Å². The Morgan fingerprint density at radius 1 is 0.923 bits per heavy atom. The van der Waals surface area contributed by atoms with E-state index in [2.05, 4.69) is 0 Å². The zero-order valence-corrected chi connectivity index (χ0v) is 14.4. The van der Waals surface area contributed by atoms with Crippen molar-refractivity contribution < 1.29 is 9.50 Å². The van der Waals surface area contributed by atoms with Gasteiger partial charge in [-0.25, -0.2) is 9.37 Å². The zero-order chi connectivity index (χ0) is 18.1. The Labute approximate surface area is 151 Å². The summed E-state index contributed by atoms with van der Waals surface area (Å²) in [7, 11) is 0. The maximum Gasteiger partial charge on any atom is 0.173 e. The Morgan fingerprint density at radius 2 is 1.50 bits per heavy atom. The number of fused-ring (bicyclic) bond motifs is 1. The first-order valence-corrected chi connectivity index (χ1v) is 8.64. The van der Waals surface area contributed by atoms with Gasteiger partial charge in [0.25, 0.3) is 0 Å². The molecule has 0 atom stereocenters. The molecule has 130 valence electrons. The van der Waals surface area contributed by atoms with E-state index >= 15 is 0 Å². The molecule has 1 N–H and O–H groups in total. The Hall–Kier alpha value is -2.98. The summed E-state index contributed by atoms with van der Waals surface area (Å²) in [5.41, 5.74) is 1.34. The highest BCUT2D eigenvalue weighted by Crippen LogP contribution is 2.37. The van der Waals surface area contributed by atoms with Crippen LogP contribution in [-0.4, -0.2) is 14.7 Å². The third kappa shape index (κ3) is 2.50. The summed E-state index contributed by atoms with van der Waals surface area (Å²) < 4.78 is 15.7. The van der Waals surface area contributed by atoms with Crippen LogP contribution in [0.5, 0.6) is 0 Å². The molecule has 0 spiro atoms. The molecule has 4 rings (SSSR count). The molecule has 0 aliphatic carbocycles. The van der Waals surface area contributed by atoms with Crippen LogP contribution >= 0.6 is 0 Å². The fraction of sp³-hybridized carbons (Fsp3) is 0.136. The van der Waals surface area contributed by atoms with E-state index in [1.807, 2.05) is 72.2 Å². The average Bonchev–Trinajstić information content (AvgIpc) is 3.06. The number of aromatic nitrogens is 2. The van der Waals surface area contributed by atoms with Gasteiger partial charge in [-0.1, -0.05) is 60.7 Å². The quantitative estimate of drug-likeness (QED) is 0.592. The number of nitrogens with zero attached hydrogens (tertiary/aromatic N) is 2.